The van der Waals surface area contributed by atoms with Gasteiger partial charge in [0.1, 0.15) is 17.7 Å². The number of aromatic nitrogens is 2. The lowest BCUT2D eigenvalue weighted by molar-refractivity contribution is 0.0264. The second kappa shape index (κ2) is 8.70. The molecule has 0 radical (unpaired) electrons. The summed E-state index contributed by atoms with van der Waals surface area (Å²) in [7, 11) is 1.76. The summed E-state index contributed by atoms with van der Waals surface area (Å²) in [6, 6.07) is 9.81. The minimum absolute atomic E-state index is 0.0625. The summed E-state index contributed by atoms with van der Waals surface area (Å²) < 4.78 is 0. The van der Waals surface area contributed by atoms with Crippen molar-refractivity contribution in [2.24, 2.45) is 0 Å². The number of likely N-dealkylation sites (tertiary alicyclic amines) is 1. The smallest absolute Gasteiger partial charge is 0.253 e. The van der Waals surface area contributed by atoms with Crippen LogP contribution in [0.4, 0.5) is 5.82 Å². The average molecular weight is 410 g/mol. The van der Waals surface area contributed by atoms with Crippen molar-refractivity contribution < 1.29 is 9.90 Å². The highest BCUT2D eigenvalue weighted by molar-refractivity contribution is 5.94. The maximum absolute atomic E-state index is 12.9. The van der Waals surface area contributed by atoms with Gasteiger partial charge in [-0.25, -0.2) is 9.97 Å². The van der Waals surface area contributed by atoms with Gasteiger partial charge < -0.3 is 14.9 Å². The number of hydrogen-bond donors (Lipinski definition) is 1. The fourth-order valence-electron chi connectivity index (χ4n) is 4.48. The number of aliphatic hydroxyl groups is 1. The average Bonchev–Trinajstić information content (AvgIpc) is 3.38. The number of β-amino-alcohol motifs (C(OH)–C–C–N with tert-alkyl or cyclic N) is 1. The van der Waals surface area contributed by atoms with Crippen molar-refractivity contribution in [2.45, 2.75) is 38.3 Å². The number of carbonyl (C=O) groups is 1. The Morgan fingerprint density at radius 3 is 2.60 bits per heavy atom. The quantitative estimate of drug-likeness (QED) is 0.788. The Morgan fingerprint density at radius 1 is 1.17 bits per heavy atom. The Bertz CT molecular complexity index is 881. The SMILES string of the molecule is Cc1cc(N2CCC(O)(CN(C)C(=O)c3ccc(CN4CCCC4)cc3)C2)ncn1. The van der Waals surface area contributed by atoms with Crippen LogP contribution in [0.15, 0.2) is 36.7 Å². The molecule has 1 atom stereocenters. The number of amides is 1. The molecule has 30 heavy (non-hydrogen) atoms. The van der Waals surface area contributed by atoms with Crippen LogP contribution in [-0.4, -0.2) is 76.2 Å². The standard InChI is InChI=1S/C23H31N5O2/c1-18-13-21(25-17-24-18)28-12-9-23(30,16-28)15-26(2)22(29)20-7-5-19(6-8-20)14-27-10-3-4-11-27/h5-8,13,17,30H,3-4,9-12,14-16H2,1-2H3. The van der Waals surface area contributed by atoms with Gasteiger partial charge in [0.2, 0.25) is 0 Å². The molecular formula is C23H31N5O2. The van der Waals surface area contributed by atoms with Gasteiger partial charge in [-0.3, -0.25) is 9.69 Å². The maximum Gasteiger partial charge on any atom is 0.253 e. The Kier molecular flexibility index (Phi) is 6.01. The first-order valence-electron chi connectivity index (χ1n) is 10.7. The van der Waals surface area contributed by atoms with Gasteiger partial charge in [-0.05, 0) is 57.0 Å². The Morgan fingerprint density at radius 2 is 1.90 bits per heavy atom. The molecule has 2 saturated heterocycles. The van der Waals surface area contributed by atoms with Crippen molar-refractivity contribution in [3.63, 3.8) is 0 Å². The first-order valence-corrected chi connectivity index (χ1v) is 10.7. The minimum atomic E-state index is -0.945. The molecule has 1 N–H and O–H groups in total. The van der Waals surface area contributed by atoms with Crippen molar-refractivity contribution in [3.05, 3.63) is 53.5 Å². The Balaban J connectivity index is 1.34. The van der Waals surface area contributed by atoms with Crippen molar-refractivity contribution in [1.82, 2.24) is 19.8 Å². The normalized spacial score (nSPS) is 21.9. The van der Waals surface area contributed by atoms with Crippen LogP contribution in [0.1, 0.15) is 40.9 Å². The van der Waals surface area contributed by atoms with Gasteiger partial charge in [-0.2, -0.15) is 0 Å². The fraction of sp³-hybridized carbons (Fsp3) is 0.522. The molecule has 7 nitrogen and oxygen atoms in total. The molecule has 1 amide bonds. The number of rotatable bonds is 6. The predicted octanol–water partition coefficient (Wildman–Crippen LogP) is 2.09. The van der Waals surface area contributed by atoms with Gasteiger partial charge in [0, 0.05) is 44.0 Å². The molecule has 2 fully saturated rings. The molecule has 2 aliphatic rings. The highest BCUT2D eigenvalue weighted by Gasteiger charge is 2.38. The summed E-state index contributed by atoms with van der Waals surface area (Å²) >= 11 is 0. The minimum Gasteiger partial charge on any atom is -0.386 e. The van der Waals surface area contributed by atoms with Gasteiger partial charge in [0.05, 0.1) is 6.54 Å². The summed E-state index contributed by atoms with van der Waals surface area (Å²) in [5.41, 5.74) is 1.85. The topological polar surface area (TPSA) is 72.8 Å². The third kappa shape index (κ3) is 4.79. The van der Waals surface area contributed by atoms with E-state index in [-0.39, 0.29) is 5.91 Å². The molecule has 0 spiro atoms. The van der Waals surface area contributed by atoms with Gasteiger partial charge in [0.15, 0.2) is 0 Å². The zero-order valence-electron chi connectivity index (χ0n) is 17.9. The molecule has 0 aliphatic carbocycles. The second-order valence-corrected chi connectivity index (χ2v) is 8.75. The summed E-state index contributed by atoms with van der Waals surface area (Å²) in [5, 5.41) is 11.1. The third-order valence-corrected chi connectivity index (χ3v) is 6.13. The highest BCUT2D eigenvalue weighted by atomic mass is 16.3. The molecule has 7 heteroatoms. The summed E-state index contributed by atoms with van der Waals surface area (Å²) in [6.45, 7) is 6.65. The largest absolute Gasteiger partial charge is 0.386 e. The van der Waals surface area contributed by atoms with E-state index in [2.05, 4.69) is 19.8 Å². The van der Waals surface area contributed by atoms with Crippen LogP contribution >= 0.6 is 0 Å². The van der Waals surface area contributed by atoms with Gasteiger partial charge in [-0.15, -0.1) is 0 Å². The highest BCUT2D eigenvalue weighted by Crippen LogP contribution is 2.26. The number of anilines is 1. The predicted molar refractivity (Wildman–Crippen MR) is 116 cm³/mol. The van der Waals surface area contributed by atoms with Crippen molar-refractivity contribution >= 4 is 11.7 Å². The van der Waals surface area contributed by atoms with Crippen LogP contribution in [0.25, 0.3) is 0 Å². The molecule has 1 aromatic carbocycles. The van der Waals surface area contributed by atoms with E-state index >= 15 is 0 Å². The molecule has 2 aliphatic heterocycles. The summed E-state index contributed by atoms with van der Waals surface area (Å²) in [6.07, 6.45) is 4.70. The first kappa shape index (κ1) is 20.8. The number of benzene rings is 1. The number of carbonyl (C=O) groups excluding carboxylic acids is 1. The van der Waals surface area contributed by atoms with Crippen LogP contribution in [-0.2, 0) is 6.54 Å². The van der Waals surface area contributed by atoms with E-state index < -0.39 is 5.60 Å². The molecule has 160 valence electrons. The van der Waals surface area contributed by atoms with Crippen LogP contribution in [0, 0.1) is 6.92 Å². The first-order chi connectivity index (χ1) is 14.4. The van der Waals surface area contributed by atoms with Gasteiger partial charge in [0.25, 0.3) is 5.91 Å². The van der Waals surface area contributed by atoms with E-state index in [1.165, 1.54) is 18.4 Å². The third-order valence-electron chi connectivity index (χ3n) is 6.13. The van der Waals surface area contributed by atoms with Crippen LogP contribution in [0.2, 0.25) is 0 Å². The lowest BCUT2D eigenvalue weighted by Crippen LogP contribution is -2.46. The lowest BCUT2D eigenvalue weighted by atomic mass is 10.0. The van der Waals surface area contributed by atoms with E-state index in [0.29, 0.717) is 31.6 Å². The van der Waals surface area contributed by atoms with Crippen LogP contribution < -0.4 is 4.90 Å². The molecule has 0 bridgehead atoms. The summed E-state index contributed by atoms with van der Waals surface area (Å²) in [4.78, 5) is 27.5. The van der Waals surface area contributed by atoms with Crippen LogP contribution in [0.5, 0.6) is 0 Å². The molecule has 1 unspecified atom stereocenters. The monoisotopic (exact) mass is 409 g/mol. The fourth-order valence-corrected chi connectivity index (χ4v) is 4.48. The molecule has 3 heterocycles. The molecule has 2 aromatic rings. The number of hydrogen-bond acceptors (Lipinski definition) is 6. The van der Waals surface area contributed by atoms with E-state index in [9.17, 15) is 9.90 Å². The number of nitrogens with zero attached hydrogens (tertiary/aromatic N) is 5. The van der Waals surface area contributed by atoms with E-state index in [4.69, 9.17) is 0 Å². The van der Waals surface area contributed by atoms with Gasteiger partial charge in [-0.1, -0.05) is 12.1 Å². The van der Waals surface area contributed by atoms with E-state index in [1.807, 2.05) is 37.3 Å². The lowest BCUT2D eigenvalue weighted by Gasteiger charge is -2.29. The zero-order valence-corrected chi connectivity index (χ0v) is 17.9. The Hall–Kier alpha value is -2.51. The van der Waals surface area contributed by atoms with E-state index in [1.54, 1.807) is 18.3 Å². The molecule has 1 aromatic heterocycles. The molecule has 4 rings (SSSR count). The maximum atomic E-state index is 12.9. The summed E-state index contributed by atoms with van der Waals surface area (Å²) in [5.74, 6) is 0.758. The van der Waals surface area contributed by atoms with Crippen molar-refractivity contribution in [1.29, 1.82) is 0 Å². The van der Waals surface area contributed by atoms with Crippen molar-refractivity contribution in [2.75, 3.05) is 44.7 Å². The van der Waals surface area contributed by atoms with Gasteiger partial charge >= 0.3 is 0 Å². The molecular weight excluding hydrogens is 378 g/mol. The van der Waals surface area contributed by atoms with E-state index in [0.717, 1.165) is 31.1 Å². The zero-order chi connectivity index (χ0) is 21.1. The second-order valence-electron chi connectivity index (χ2n) is 8.75. The number of aryl methyl sites for hydroxylation is 1. The van der Waals surface area contributed by atoms with Crippen molar-refractivity contribution in [3.8, 4) is 0 Å². The van der Waals surface area contributed by atoms with Crippen LogP contribution in [0.3, 0.4) is 0 Å². The molecule has 0 saturated carbocycles. The number of likely N-dealkylation sites (N-methyl/N-ethyl adjacent to an activating group) is 1. The Labute approximate surface area is 178 Å².